The molecule has 0 saturated heterocycles. The molecule has 0 aromatic heterocycles. The second-order valence-electron chi connectivity index (χ2n) is 6.65. The average molecular weight is 391 g/mol. The fourth-order valence-corrected chi connectivity index (χ4v) is 3.70. The van der Waals surface area contributed by atoms with Crippen molar-refractivity contribution in [3.63, 3.8) is 0 Å². The minimum absolute atomic E-state index is 0.0220. The van der Waals surface area contributed by atoms with Crippen LogP contribution in [0.25, 0.3) is 0 Å². The average Bonchev–Trinajstić information content (AvgIpc) is 2.62. The molecule has 0 fully saturated rings. The maximum absolute atomic E-state index is 12.6. The van der Waals surface area contributed by atoms with Crippen molar-refractivity contribution >= 4 is 15.9 Å². The number of hydrogen-bond acceptors (Lipinski definition) is 4. The number of nitrogens with one attached hydrogen (secondary N) is 2. The number of ether oxygens (including phenoxy) is 1. The van der Waals surface area contributed by atoms with Crippen molar-refractivity contribution in [2.24, 2.45) is 0 Å². The Balaban J connectivity index is 2.04. The molecule has 0 unspecified atom stereocenters. The van der Waals surface area contributed by atoms with E-state index in [1.165, 1.54) is 12.1 Å². The van der Waals surface area contributed by atoms with Crippen molar-refractivity contribution in [3.8, 4) is 5.75 Å². The van der Waals surface area contributed by atoms with Crippen LogP contribution in [-0.4, -0.2) is 26.5 Å². The highest BCUT2D eigenvalue weighted by atomic mass is 32.2. The first-order valence-corrected chi connectivity index (χ1v) is 10.3. The van der Waals surface area contributed by atoms with Gasteiger partial charge in [-0.25, -0.2) is 13.1 Å². The van der Waals surface area contributed by atoms with E-state index >= 15 is 0 Å². The number of hydrogen-bond donors (Lipinski definition) is 2. The second-order valence-corrected chi connectivity index (χ2v) is 8.36. The molecule has 2 aromatic carbocycles. The molecule has 146 valence electrons. The maximum atomic E-state index is 12.6. The van der Waals surface area contributed by atoms with Gasteiger partial charge in [-0.05, 0) is 57.5 Å². The molecule has 2 rings (SSSR count). The van der Waals surface area contributed by atoms with Crippen LogP contribution in [0.1, 0.15) is 39.3 Å². The summed E-state index contributed by atoms with van der Waals surface area (Å²) in [6.07, 6.45) is -0.675. The third-order valence-electron chi connectivity index (χ3n) is 3.88. The van der Waals surface area contributed by atoms with Crippen LogP contribution in [0.3, 0.4) is 0 Å². The first-order chi connectivity index (χ1) is 12.7. The number of sulfonamides is 1. The summed E-state index contributed by atoms with van der Waals surface area (Å²) in [5.74, 6) is 0.205. The number of rotatable bonds is 8. The van der Waals surface area contributed by atoms with Crippen molar-refractivity contribution in [2.75, 3.05) is 0 Å². The van der Waals surface area contributed by atoms with Crippen molar-refractivity contribution < 1.29 is 17.9 Å². The highest BCUT2D eigenvalue weighted by Gasteiger charge is 2.19. The molecule has 0 aliphatic carbocycles. The number of carbonyl (C=O) groups is 1. The van der Waals surface area contributed by atoms with Crippen molar-refractivity contribution in [1.82, 2.24) is 10.0 Å². The topological polar surface area (TPSA) is 84.5 Å². The summed E-state index contributed by atoms with van der Waals surface area (Å²) in [5, 5.41) is 2.77. The van der Waals surface area contributed by atoms with E-state index in [9.17, 15) is 13.2 Å². The van der Waals surface area contributed by atoms with Crippen LogP contribution < -0.4 is 14.8 Å². The van der Waals surface area contributed by atoms with Gasteiger partial charge in [0.05, 0.1) is 4.90 Å². The van der Waals surface area contributed by atoms with E-state index in [0.29, 0.717) is 5.75 Å². The van der Waals surface area contributed by atoms with Crippen LogP contribution in [-0.2, 0) is 14.8 Å². The zero-order valence-electron chi connectivity index (χ0n) is 16.0. The lowest BCUT2D eigenvalue weighted by Gasteiger charge is -2.17. The first kappa shape index (κ1) is 20.9. The molecule has 0 heterocycles. The molecule has 0 saturated carbocycles. The van der Waals surface area contributed by atoms with Crippen LogP contribution in [0.4, 0.5) is 0 Å². The van der Waals surface area contributed by atoms with E-state index in [4.69, 9.17) is 4.74 Å². The molecule has 0 spiro atoms. The van der Waals surface area contributed by atoms with E-state index in [-0.39, 0.29) is 22.9 Å². The Morgan fingerprint density at radius 3 is 2.07 bits per heavy atom. The van der Waals surface area contributed by atoms with E-state index in [1.54, 1.807) is 26.0 Å². The lowest BCUT2D eigenvalue weighted by Crippen LogP contribution is -2.40. The Labute approximate surface area is 161 Å². The fourth-order valence-electron chi connectivity index (χ4n) is 2.47. The summed E-state index contributed by atoms with van der Waals surface area (Å²) in [5.41, 5.74) is 0.881. The van der Waals surface area contributed by atoms with Gasteiger partial charge in [-0.15, -0.1) is 0 Å². The number of amides is 1. The quantitative estimate of drug-likeness (QED) is 0.726. The van der Waals surface area contributed by atoms with Crippen molar-refractivity contribution in [3.05, 3.63) is 60.2 Å². The molecule has 2 atom stereocenters. The van der Waals surface area contributed by atoms with Gasteiger partial charge in [0.25, 0.3) is 5.91 Å². The van der Waals surface area contributed by atoms with Gasteiger partial charge in [0.15, 0.2) is 6.10 Å². The molecular weight excluding hydrogens is 364 g/mol. The molecule has 1 amide bonds. The summed E-state index contributed by atoms with van der Waals surface area (Å²) < 4.78 is 33.3. The predicted molar refractivity (Wildman–Crippen MR) is 105 cm³/mol. The van der Waals surface area contributed by atoms with Gasteiger partial charge >= 0.3 is 0 Å². The van der Waals surface area contributed by atoms with Gasteiger partial charge in [0, 0.05) is 12.1 Å². The largest absolute Gasteiger partial charge is 0.481 e. The standard InChI is InChI=1S/C20H26N2O4S/c1-14(2)21-20(23)16(4)26-18-10-12-19(13-11-18)27(24,25)22-15(3)17-8-6-5-7-9-17/h5-16,22H,1-4H3,(H,21,23)/t15-,16+/m1/s1. The molecule has 0 aliphatic rings. The molecule has 27 heavy (non-hydrogen) atoms. The molecule has 2 N–H and O–H groups in total. The third-order valence-corrected chi connectivity index (χ3v) is 5.44. The Kier molecular flexibility index (Phi) is 6.98. The van der Waals surface area contributed by atoms with Gasteiger partial charge in [0.1, 0.15) is 5.75 Å². The second kappa shape index (κ2) is 9.01. The summed E-state index contributed by atoms with van der Waals surface area (Å²) in [4.78, 5) is 12.0. The summed E-state index contributed by atoms with van der Waals surface area (Å²) in [7, 11) is -3.67. The third kappa shape index (κ3) is 6.08. The lowest BCUT2D eigenvalue weighted by molar-refractivity contribution is -0.127. The molecule has 0 bridgehead atoms. The van der Waals surface area contributed by atoms with E-state index in [0.717, 1.165) is 5.56 Å². The van der Waals surface area contributed by atoms with Crippen molar-refractivity contribution in [1.29, 1.82) is 0 Å². The minimum Gasteiger partial charge on any atom is -0.481 e. The molecule has 6 nitrogen and oxygen atoms in total. The Morgan fingerprint density at radius 2 is 1.52 bits per heavy atom. The van der Waals surface area contributed by atoms with Gasteiger partial charge in [-0.2, -0.15) is 0 Å². The van der Waals surface area contributed by atoms with E-state index in [1.807, 2.05) is 44.2 Å². The van der Waals surface area contributed by atoms with E-state index < -0.39 is 16.1 Å². The molecule has 0 radical (unpaired) electrons. The smallest absolute Gasteiger partial charge is 0.260 e. The predicted octanol–water partition coefficient (Wildman–Crippen LogP) is 3.02. The summed E-state index contributed by atoms with van der Waals surface area (Å²) >= 11 is 0. The molecular formula is C20H26N2O4S. The van der Waals surface area contributed by atoms with Gasteiger partial charge in [-0.1, -0.05) is 30.3 Å². The summed E-state index contributed by atoms with van der Waals surface area (Å²) in [6.45, 7) is 7.17. The maximum Gasteiger partial charge on any atom is 0.260 e. The molecule has 0 aliphatic heterocycles. The zero-order chi connectivity index (χ0) is 20.0. The highest BCUT2D eigenvalue weighted by molar-refractivity contribution is 7.89. The van der Waals surface area contributed by atoms with Gasteiger partial charge < -0.3 is 10.1 Å². The number of carbonyl (C=O) groups excluding carboxylic acids is 1. The molecule has 2 aromatic rings. The van der Waals surface area contributed by atoms with Gasteiger partial charge in [-0.3, -0.25) is 4.79 Å². The van der Waals surface area contributed by atoms with Crippen molar-refractivity contribution in [2.45, 2.75) is 50.8 Å². The zero-order valence-corrected chi connectivity index (χ0v) is 16.8. The fraction of sp³-hybridized carbons (Fsp3) is 0.350. The van der Waals surface area contributed by atoms with Crippen LogP contribution in [0.2, 0.25) is 0 Å². The van der Waals surface area contributed by atoms with Gasteiger partial charge in [0.2, 0.25) is 10.0 Å². The highest BCUT2D eigenvalue weighted by Crippen LogP contribution is 2.20. The SMILES string of the molecule is CC(C)NC(=O)[C@H](C)Oc1ccc(S(=O)(=O)N[C@H](C)c2ccccc2)cc1. The minimum atomic E-state index is -3.67. The number of benzene rings is 2. The molecule has 7 heteroatoms. The van der Waals surface area contributed by atoms with Crippen LogP contribution in [0, 0.1) is 0 Å². The normalized spacial score (nSPS) is 13.8. The monoisotopic (exact) mass is 390 g/mol. The first-order valence-electron chi connectivity index (χ1n) is 8.83. The Hall–Kier alpha value is -2.38. The van der Waals surface area contributed by atoms with Crippen LogP contribution in [0.5, 0.6) is 5.75 Å². The Morgan fingerprint density at radius 1 is 0.926 bits per heavy atom. The van der Waals surface area contributed by atoms with Crippen LogP contribution in [0.15, 0.2) is 59.5 Å². The summed E-state index contributed by atoms with van der Waals surface area (Å²) in [6, 6.07) is 15.0. The van der Waals surface area contributed by atoms with E-state index in [2.05, 4.69) is 10.0 Å². The lowest BCUT2D eigenvalue weighted by atomic mass is 10.1. The Bertz CT molecular complexity index is 849. The van der Waals surface area contributed by atoms with Crippen LogP contribution >= 0.6 is 0 Å².